The Morgan fingerprint density at radius 1 is 1.50 bits per heavy atom. The third-order valence-electron chi connectivity index (χ3n) is 1.82. The highest BCUT2D eigenvalue weighted by Crippen LogP contribution is 2.21. The Balaban J connectivity index is 3.08. The standard InChI is InChI=1S/C11H12O3/c1-7(2)5-9-6-8(11(13)14)3-4-10(9)12/h3-4,6,12H,1,5H2,2H3,(H,13,14). The molecule has 0 spiro atoms. The van der Waals surface area contributed by atoms with Gasteiger partial charge in [-0.05, 0) is 37.1 Å². The van der Waals surface area contributed by atoms with E-state index in [-0.39, 0.29) is 11.3 Å². The fourth-order valence-electron chi connectivity index (χ4n) is 1.19. The molecule has 1 aromatic rings. The molecule has 0 heterocycles. The van der Waals surface area contributed by atoms with E-state index in [4.69, 9.17) is 5.11 Å². The van der Waals surface area contributed by atoms with Crippen LogP contribution in [0.25, 0.3) is 0 Å². The Kier molecular flexibility index (Phi) is 2.92. The monoisotopic (exact) mass is 192 g/mol. The number of hydrogen-bond donors (Lipinski definition) is 2. The number of benzene rings is 1. The van der Waals surface area contributed by atoms with Gasteiger partial charge in [0.2, 0.25) is 0 Å². The Bertz CT molecular complexity index is 380. The van der Waals surface area contributed by atoms with Crippen molar-refractivity contribution in [2.45, 2.75) is 13.3 Å². The molecule has 0 aromatic heterocycles. The van der Waals surface area contributed by atoms with E-state index in [0.717, 1.165) is 5.57 Å². The summed E-state index contributed by atoms with van der Waals surface area (Å²) in [7, 11) is 0. The first-order valence-electron chi connectivity index (χ1n) is 4.20. The van der Waals surface area contributed by atoms with Gasteiger partial charge in [0.15, 0.2) is 0 Å². The minimum absolute atomic E-state index is 0.109. The van der Waals surface area contributed by atoms with Gasteiger partial charge in [0, 0.05) is 0 Å². The number of allylic oxidation sites excluding steroid dienone is 1. The molecule has 0 bridgehead atoms. The zero-order valence-corrected chi connectivity index (χ0v) is 7.95. The molecule has 3 heteroatoms. The van der Waals surface area contributed by atoms with Crippen LogP contribution in [0.15, 0.2) is 30.4 Å². The fourth-order valence-corrected chi connectivity index (χ4v) is 1.19. The summed E-state index contributed by atoms with van der Waals surface area (Å²) >= 11 is 0. The molecule has 2 N–H and O–H groups in total. The van der Waals surface area contributed by atoms with Crippen LogP contribution in [-0.4, -0.2) is 16.2 Å². The van der Waals surface area contributed by atoms with Crippen LogP contribution >= 0.6 is 0 Å². The SMILES string of the molecule is C=C(C)Cc1cc(C(=O)O)ccc1O. The van der Waals surface area contributed by atoms with Crippen LogP contribution < -0.4 is 0 Å². The van der Waals surface area contributed by atoms with Crippen molar-refractivity contribution in [2.24, 2.45) is 0 Å². The normalized spacial score (nSPS) is 9.79. The van der Waals surface area contributed by atoms with Gasteiger partial charge in [0.05, 0.1) is 5.56 Å². The van der Waals surface area contributed by atoms with Crippen LogP contribution in [0, 0.1) is 0 Å². The highest BCUT2D eigenvalue weighted by atomic mass is 16.4. The number of rotatable bonds is 3. The molecule has 0 saturated carbocycles. The number of phenolic OH excluding ortho intramolecular Hbond substituents is 1. The summed E-state index contributed by atoms with van der Waals surface area (Å²) in [4.78, 5) is 10.6. The smallest absolute Gasteiger partial charge is 0.335 e. The summed E-state index contributed by atoms with van der Waals surface area (Å²) in [5.41, 5.74) is 1.65. The van der Waals surface area contributed by atoms with Crippen molar-refractivity contribution < 1.29 is 15.0 Å². The number of phenols is 1. The van der Waals surface area contributed by atoms with Crippen LogP contribution in [0.3, 0.4) is 0 Å². The van der Waals surface area contributed by atoms with Gasteiger partial charge in [-0.15, -0.1) is 0 Å². The van der Waals surface area contributed by atoms with Crippen molar-refractivity contribution in [1.29, 1.82) is 0 Å². The van der Waals surface area contributed by atoms with Gasteiger partial charge in [-0.25, -0.2) is 4.79 Å². The van der Waals surface area contributed by atoms with E-state index < -0.39 is 5.97 Å². The van der Waals surface area contributed by atoms with E-state index in [9.17, 15) is 9.90 Å². The molecule has 0 saturated heterocycles. The van der Waals surface area contributed by atoms with Crippen molar-refractivity contribution in [3.8, 4) is 5.75 Å². The highest BCUT2D eigenvalue weighted by Gasteiger charge is 2.07. The molecule has 74 valence electrons. The first kappa shape index (κ1) is 10.3. The van der Waals surface area contributed by atoms with Gasteiger partial charge in [-0.1, -0.05) is 12.2 Å². The van der Waals surface area contributed by atoms with Gasteiger partial charge >= 0.3 is 5.97 Å². The van der Waals surface area contributed by atoms with Gasteiger partial charge < -0.3 is 10.2 Å². The molecule has 0 fully saturated rings. The number of aromatic hydroxyl groups is 1. The molecular weight excluding hydrogens is 180 g/mol. The predicted molar refractivity (Wildman–Crippen MR) is 53.6 cm³/mol. The van der Waals surface area contributed by atoms with Crippen LogP contribution in [0.1, 0.15) is 22.8 Å². The third kappa shape index (κ3) is 2.36. The maximum Gasteiger partial charge on any atom is 0.335 e. The lowest BCUT2D eigenvalue weighted by atomic mass is 10.0. The minimum Gasteiger partial charge on any atom is -0.508 e. The number of hydrogen-bond acceptors (Lipinski definition) is 2. The maximum atomic E-state index is 10.6. The topological polar surface area (TPSA) is 57.5 Å². The quantitative estimate of drug-likeness (QED) is 0.722. The Morgan fingerprint density at radius 3 is 2.64 bits per heavy atom. The molecule has 0 aliphatic heterocycles. The van der Waals surface area contributed by atoms with Gasteiger partial charge in [0.25, 0.3) is 0 Å². The summed E-state index contributed by atoms with van der Waals surface area (Å²) < 4.78 is 0. The lowest BCUT2D eigenvalue weighted by molar-refractivity contribution is 0.0697. The number of carboxylic acid groups (broad SMARTS) is 1. The Labute approximate surface area is 82.3 Å². The van der Waals surface area contributed by atoms with Crippen LogP contribution in [0.5, 0.6) is 5.75 Å². The molecule has 0 radical (unpaired) electrons. The van der Waals surface area contributed by atoms with Crippen LogP contribution in [0.4, 0.5) is 0 Å². The zero-order valence-electron chi connectivity index (χ0n) is 7.95. The van der Waals surface area contributed by atoms with Crippen molar-refractivity contribution in [3.05, 3.63) is 41.5 Å². The molecule has 0 aliphatic carbocycles. The van der Waals surface area contributed by atoms with Gasteiger partial charge in [-0.3, -0.25) is 0 Å². The number of carbonyl (C=O) groups is 1. The summed E-state index contributed by atoms with van der Waals surface area (Å²) in [6.45, 7) is 5.53. The zero-order chi connectivity index (χ0) is 10.7. The molecule has 1 rings (SSSR count). The minimum atomic E-state index is -0.993. The molecule has 3 nitrogen and oxygen atoms in total. The largest absolute Gasteiger partial charge is 0.508 e. The molecule has 0 aliphatic rings. The van der Waals surface area contributed by atoms with Crippen LogP contribution in [-0.2, 0) is 6.42 Å². The van der Waals surface area contributed by atoms with Crippen LogP contribution in [0.2, 0.25) is 0 Å². The molecule has 14 heavy (non-hydrogen) atoms. The summed E-state index contributed by atoms with van der Waals surface area (Å²) in [6.07, 6.45) is 0.493. The van der Waals surface area contributed by atoms with Gasteiger partial charge in [-0.2, -0.15) is 0 Å². The van der Waals surface area contributed by atoms with Crippen molar-refractivity contribution in [1.82, 2.24) is 0 Å². The number of aromatic carboxylic acids is 1. The van der Waals surface area contributed by atoms with Crippen molar-refractivity contribution >= 4 is 5.97 Å². The van der Waals surface area contributed by atoms with E-state index in [2.05, 4.69) is 6.58 Å². The predicted octanol–water partition coefficient (Wildman–Crippen LogP) is 2.21. The van der Waals surface area contributed by atoms with E-state index in [1.54, 1.807) is 0 Å². The summed E-state index contributed by atoms with van der Waals surface area (Å²) in [6, 6.07) is 4.23. The first-order valence-corrected chi connectivity index (χ1v) is 4.20. The lowest BCUT2D eigenvalue weighted by Crippen LogP contribution is -1.98. The van der Waals surface area contributed by atoms with E-state index in [1.165, 1.54) is 18.2 Å². The molecule has 0 unspecified atom stereocenters. The van der Waals surface area contributed by atoms with Crippen molar-refractivity contribution in [2.75, 3.05) is 0 Å². The van der Waals surface area contributed by atoms with Crippen molar-refractivity contribution in [3.63, 3.8) is 0 Å². The average molecular weight is 192 g/mol. The van der Waals surface area contributed by atoms with E-state index in [1.807, 2.05) is 6.92 Å². The molecule has 1 aromatic carbocycles. The lowest BCUT2D eigenvalue weighted by Gasteiger charge is -2.05. The Hall–Kier alpha value is -1.77. The molecule has 0 amide bonds. The average Bonchev–Trinajstić information content (AvgIpc) is 2.07. The second-order valence-electron chi connectivity index (χ2n) is 3.28. The fraction of sp³-hybridized carbons (Fsp3) is 0.182. The summed E-state index contributed by atoms with van der Waals surface area (Å²) in [5, 5.41) is 18.2. The number of carboxylic acids is 1. The van der Waals surface area contributed by atoms with E-state index in [0.29, 0.717) is 12.0 Å². The Morgan fingerprint density at radius 2 is 2.14 bits per heavy atom. The van der Waals surface area contributed by atoms with Gasteiger partial charge in [0.1, 0.15) is 5.75 Å². The molecular formula is C11H12O3. The third-order valence-corrected chi connectivity index (χ3v) is 1.82. The second-order valence-corrected chi connectivity index (χ2v) is 3.28. The first-order chi connectivity index (χ1) is 6.50. The highest BCUT2D eigenvalue weighted by molar-refractivity contribution is 5.88. The molecule has 0 atom stereocenters. The second kappa shape index (κ2) is 3.96. The summed E-state index contributed by atoms with van der Waals surface area (Å²) in [5.74, 6) is -0.883. The maximum absolute atomic E-state index is 10.6. The van der Waals surface area contributed by atoms with E-state index >= 15 is 0 Å².